The first kappa shape index (κ1) is 11.7. The Morgan fingerprint density at radius 3 is 2.75 bits per heavy atom. The Morgan fingerprint density at radius 2 is 2.12 bits per heavy atom. The van der Waals surface area contributed by atoms with Crippen LogP contribution in [0.1, 0.15) is 57.8 Å². The van der Waals surface area contributed by atoms with Crippen molar-refractivity contribution in [3.8, 4) is 0 Å². The van der Waals surface area contributed by atoms with Crippen LogP contribution in [-0.4, -0.2) is 6.54 Å². The van der Waals surface area contributed by atoms with Gasteiger partial charge in [-0.3, -0.25) is 0 Å². The second-order valence-corrected chi connectivity index (χ2v) is 5.49. The van der Waals surface area contributed by atoms with Gasteiger partial charge in [0.05, 0.1) is 12.3 Å². The summed E-state index contributed by atoms with van der Waals surface area (Å²) in [7, 11) is 0. The van der Waals surface area contributed by atoms with Gasteiger partial charge in [0, 0.05) is 6.54 Å². The lowest BCUT2D eigenvalue weighted by atomic mass is 9.75. The second-order valence-electron chi connectivity index (χ2n) is 5.49. The van der Waals surface area contributed by atoms with Crippen LogP contribution in [0.25, 0.3) is 0 Å². The quantitative estimate of drug-likeness (QED) is 0.834. The molecule has 1 N–H and O–H groups in total. The number of hydrogen-bond acceptors (Lipinski definition) is 2. The third-order valence-corrected chi connectivity index (χ3v) is 3.87. The molecule has 0 aliphatic heterocycles. The molecule has 2 nitrogen and oxygen atoms in total. The molecule has 1 unspecified atom stereocenters. The molecular weight excluding hydrogens is 198 g/mol. The highest BCUT2D eigenvalue weighted by molar-refractivity contribution is 5.03. The minimum absolute atomic E-state index is 0.328. The van der Waals surface area contributed by atoms with E-state index in [2.05, 4.69) is 19.2 Å². The van der Waals surface area contributed by atoms with E-state index in [0.717, 1.165) is 12.3 Å². The molecule has 1 aliphatic rings. The topological polar surface area (TPSA) is 25.2 Å². The Balaban J connectivity index is 1.82. The summed E-state index contributed by atoms with van der Waals surface area (Å²) >= 11 is 0. The lowest BCUT2D eigenvalue weighted by Crippen LogP contribution is -2.34. The van der Waals surface area contributed by atoms with E-state index in [1.807, 2.05) is 12.1 Å². The van der Waals surface area contributed by atoms with Crippen molar-refractivity contribution in [3.05, 3.63) is 24.2 Å². The first-order valence-electron chi connectivity index (χ1n) is 6.46. The van der Waals surface area contributed by atoms with Gasteiger partial charge in [0.2, 0.25) is 0 Å². The van der Waals surface area contributed by atoms with Gasteiger partial charge < -0.3 is 9.73 Å². The Morgan fingerprint density at radius 1 is 1.38 bits per heavy atom. The van der Waals surface area contributed by atoms with Crippen LogP contribution in [0.3, 0.4) is 0 Å². The monoisotopic (exact) mass is 221 g/mol. The summed E-state index contributed by atoms with van der Waals surface area (Å²) in [5.41, 5.74) is 0.499. The largest absolute Gasteiger partial charge is 0.468 e. The Hall–Kier alpha value is -0.760. The Kier molecular flexibility index (Phi) is 3.70. The van der Waals surface area contributed by atoms with E-state index in [1.54, 1.807) is 6.26 Å². The maximum absolute atomic E-state index is 5.41. The van der Waals surface area contributed by atoms with Crippen LogP contribution in [0.5, 0.6) is 0 Å². The zero-order valence-corrected chi connectivity index (χ0v) is 10.5. The number of rotatable bonds is 4. The highest BCUT2D eigenvalue weighted by Crippen LogP contribution is 2.35. The maximum atomic E-state index is 5.41. The molecule has 1 aromatic rings. The molecule has 2 heteroatoms. The molecule has 0 spiro atoms. The number of nitrogens with one attached hydrogen (secondary N) is 1. The van der Waals surface area contributed by atoms with Crippen molar-refractivity contribution in [2.24, 2.45) is 5.41 Å². The molecule has 2 rings (SSSR count). The summed E-state index contributed by atoms with van der Waals surface area (Å²) in [6.07, 6.45) is 8.69. The van der Waals surface area contributed by atoms with Crippen LogP contribution in [0.15, 0.2) is 22.8 Å². The van der Waals surface area contributed by atoms with Gasteiger partial charge in [-0.25, -0.2) is 0 Å². The summed E-state index contributed by atoms with van der Waals surface area (Å²) in [4.78, 5) is 0. The molecule has 1 aliphatic carbocycles. The third kappa shape index (κ3) is 2.88. The average Bonchev–Trinajstić information content (AvgIpc) is 2.80. The van der Waals surface area contributed by atoms with E-state index in [1.165, 1.54) is 32.1 Å². The molecule has 90 valence electrons. The highest BCUT2D eigenvalue weighted by atomic mass is 16.3. The molecule has 16 heavy (non-hydrogen) atoms. The summed E-state index contributed by atoms with van der Waals surface area (Å²) in [6.45, 7) is 5.69. The molecular formula is C14H23NO. The number of furan rings is 1. The first-order chi connectivity index (χ1) is 7.70. The second kappa shape index (κ2) is 5.05. The fraction of sp³-hybridized carbons (Fsp3) is 0.714. The summed E-state index contributed by atoms with van der Waals surface area (Å²) in [5, 5.41) is 3.60. The zero-order chi connectivity index (χ0) is 11.4. The average molecular weight is 221 g/mol. The van der Waals surface area contributed by atoms with Gasteiger partial charge in [0.15, 0.2) is 0 Å². The predicted molar refractivity (Wildman–Crippen MR) is 66.3 cm³/mol. The van der Waals surface area contributed by atoms with Crippen molar-refractivity contribution in [3.63, 3.8) is 0 Å². The lowest BCUT2D eigenvalue weighted by Gasteiger charge is -2.34. The Bertz CT molecular complexity index is 299. The minimum Gasteiger partial charge on any atom is -0.468 e. The van der Waals surface area contributed by atoms with Crippen molar-refractivity contribution in [1.82, 2.24) is 5.32 Å². The summed E-state index contributed by atoms with van der Waals surface area (Å²) in [5.74, 6) is 1.04. The summed E-state index contributed by atoms with van der Waals surface area (Å²) < 4.78 is 5.41. The lowest BCUT2D eigenvalue weighted by molar-refractivity contribution is 0.199. The van der Waals surface area contributed by atoms with E-state index < -0.39 is 0 Å². The standard InChI is InChI=1S/C14H23NO/c1-12(13-7-6-10-16-13)15-11-14(2)8-4-3-5-9-14/h6-7,10,12,15H,3-5,8-9,11H2,1-2H3. The van der Waals surface area contributed by atoms with Crippen molar-refractivity contribution < 1.29 is 4.42 Å². The molecule has 0 saturated heterocycles. The summed E-state index contributed by atoms with van der Waals surface area (Å²) in [6, 6.07) is 4.32. The van der Waals surface area contributed by atoms with Crippen LogP contribution in [0, 0.1) is 5.41 Å². The molecule has 1 fully saturated rings. The fourth-order valence-electron chi connectivity index (χ4n) is 2.62. The predicted octanol–water partition coefficient (Wildman–Crippen LogP) is 3.90. The van der Waals surface area contributed by atoms with E-state index in [4.69, 9.17) is 4.42 Å². The van der Waals surface area contributed by atoms with Crippen molar-refractivity contribution in [1.29, 1.82) is 0 Å². The number of hydrogen-bond donors (Lipinski definition) is 1. The minimum atomic E-state index is 0.328. The molecule has 0 radical (unpaired) electrons. The van der Waals surface area contributed by atoms with Gasteiger partial charge in [-0.1, -0.05) is 26.2 Å². The van der Waals surface area contributed by atoms with E-state index in [9.17, 15) is 0 Å². The van der Waals surface area contributed by atoms with Crippen LogP contribution < -0.4 is 5.32 Å². The molecule has 1 heterocycles. The third-order valence-electron chi connectivity index (χ3n) is 3.87. The van der Waals surface area contributed by atoms with Crippen LogP contribution in [-0.2, 0) is 0 Å². The van der Waals surface area contributed by atoms with Crippen LogP contribution in [0.2, 0.25) is 0 Å². The van der Waals surface area contributed by atoms with Crippen molar-refractivity contribution in [2.75, 3.05) is 6.54 Å². The van der Waals surface area contributed by atoms with Gasteiger partial charge in [-0.2, -0.15) is 0 Å². The highest BCUT2D eigenvalue weighted by Gasteiger charge is 2.27. The van der Waals surface area contributed by atoms with Gasteiger partial charge in [0.25, 0.3) is 0 Å². The fourth-order valence-corrected chi connectivity index (χ4v) is 2.62. The van der Waals surface area contributed by atoms with E-state index >= 15 is 0 Å². The first-order valence-corrected chi connectivity index (χ1v) is 6.46. The normalized spacial score (nSPS) is 21.9. The molecule has 0 aromatic carbocycles. The van der Waals surface area contributed by atoms with Crippen molar-refractivity contribution in [2.45, 2.75) is 52.0 Å². The van der Waals surface area contributed by atoms with Crippen LogP contribution >= 0.6 is 0 Å². The van der Waals surface area contributed by atoms with Gasteiger partial charge in [-0.15, -0.1) is 0 Å². The van der Waals surface area contributed by atoms with E-state index in [0.29, 0.717) is 11.5 Å². The maximum Gasteiger partial charge on any atom is 0.120 e. The SMILES string of the molecule is CC(NCC1(C)CCCCC1)c1ccco1. The van der Waals surface area contributed by atoms with Gasteiger partial charge in [0.1, 0.15) is 5.76 Å². The Labute approximate surface area is 98.4 Å². The van der Waals surface area contributed by atoms with Gasteiger partial charge in [-0.05, 0) is 37.3 Å². The molecule has 0 amide bonds. The molecule has 0 bridgehead atoms. The van der Waals surface area contributed by atoms with E-state index in [-0.39, 0.29) is 0 Å². The van der Waals surface area contributed by atoms with Crippen LogP contribution in [0.4, 0.5) is 0 Å². The zero-order valence-electron chi connectivity index (χ0n) is 10.5. The molecule has 1 atom stereocenters. The van der Waals surface area contributed by atoms with Crippen molar-refractivity contribution >= 4 is 0 Å². The van der Waals surface area contributed by atoms with Gasteiger partial charge >= 0.3 is 0 Å². The smallest absolute Gasteiger partial charge is 0.120 e. The molecule has 1 saturated carbocycles. The molecule has 1 aromatic heterocycles.